The molecule has 18 heavy (non-hydrogen) atoms. The van der Waals surface area contributed by atoms with Crippen LogP contribution >= 0.6 is 22.6 Å². The van der Waals surface area contributed by atoms with E-state index in [2.05, 4.69) is 0 Å². The number of halogens is 7. The fraction of sp³-hybridized carbons (Fsp3) is 0.222. The molecule has 0 aromatic heterocycles. The van der Waals surface area contributed by atoms with Crippen LogP contribution in [0.15, 0.2) is 12.1 Å². The van der Waals surface area contributed by atoms with Gasteiger partial charge in [-0.15, -0.1) is 0 Å². The third-order valence-electron chi connectivity index (χ3n) is 1.97. The highest BCUT2D eigenvalue weighted by Gasteiger charge is 2.41. The van der Waals surface area contributed by atoms with E-state index in [4.69, 9.17) is 5.11 Å². The summed E-state index contributed by atoms with van der Waals surface area (Å²) in [5, 5.41) is 8.63. The monoisotopic (exact) mass is 384 g/mol. The minimum atomic E-state index is -5.03. The van der Waals surface area contributed by atoms with E-state index in [1.54, 1.807) is 0 Å². The fourth-order valence-electron chi connectivity index (χ4n) is 1.24. The second kappa shape index (κ2) is 4.59. The number of aromatic carboxylic acids is 1. The molecule has 0 fully saturated rings. The minimum Gasteiger partial charge on any atom is -0.478 e. The average Bonchev–Trinajstić information content (AvgIpc) is 2.12. The third kappa shape index (κ3) is 2.87. The van der Waals surface area contributed by atoms with Crippen molar-refractivity contribution in [1.82, 2.24) is 0 Å². The second-order valence-corrected chi connectivity index (χ2v) is 4.23. The maximum atomic E-state index is 12.5. The lowest BCUT2D eigenvalue weighted by Crippen LogP contribution is -2.18. The molecule has 0 radical (unpaired) electrons. The van der Waals surface area contributed by atoms with E-state index in [0.29, 0.717) is 0 Å². The van der Waals surface area contributed by atoms with Crippen molar-refractivity contribution in [1.29, 1.82) is 0 Å². The van der Waals surface area contributed by atoms with E-state index < -0.39 is 38.6 Å². The summed E-state index contributed by atoms with van der Waals surface area (Å²) in [6.45, 7) is 0. The van der Waals surface area contributed by atoms with Crippen LogP contribution in [-0.2, 0) is 12.4 Å². The zero-order valence-electron chi connectivity index (χ0n) is 8.16. The SMILES string of the molecule is O=C(O)c1c(C(F)(F)F)ccc(C(F)(F)F)c1I. The first-order valence-corrected chi connectivity index (χ1v) is 5.24. The largest absolute Gasteiger partial charge is 0.478 e. The molecule has 0 spiro atoms. The van der Waals surface area contributed by atoms with E-state index in [9.17, 15) is 31.1 Å². The van der Waals surface area contributed by atoms with Crippen LogP contribution in [0.25, 0.3) is 0 Å². The Balaban J connectivity index is 3.64. The Hall–Kier alpha value is -1.00. The Labute approximate surface area is 110 Å². The summed E-state index contributed by atoms with van der Waals surface area (Å²) in [5.74, 6) is -2.06. The predicted molar refractivity (Wildman–Crippen MR) is 56.1 cm³/mol. The van der Waals surface area contributed by atoms with Crippen LogP contribution in [0.4, 0.5) is 26.3 Å². The normalized spacial score (nSPS) is 12.6. The van der Waals surface area contributed by atoms with E-state index in [0.717, 1.165) is 22.6 Å². The van der Waals surface area contributed by atoms with Crippen molar-refractivity contribution in [3.05, 3.63) is 32.4 Å². The summed E-state index contributed by atoms with van der Waals surface area (Å²) in [7, 11) is 0. The maximum absolute atomic E-state index is 12.5. The van der Waals surface area contributed by atoms with Gasteiger partial charge in [-0.3, -0.25) is 0 Å². The molecule has 0 unspecified atom stereocenters. The molecule has 100 valence electrons. The van der Waals surface area contributed by atoms with E-state index >= 15 is 0 Å². The smallest absolute Gasteiger partial charge is 0.417 e. The molecule has 0 aliphatic carbocycles. The molecule has 0 aliphatic heterocycles. The number of carbonyl (C=O) groups is 1. The number of benzene rings is 1. The topological polar surface area (TPSA) is 37.3 Å². The zero-order valence-corrected chi connectivity index (χ0v) is 10.3. The van der Waals surface area contributed by atoms with E-state index in [1.165, 1.54) is 0 Å². The summed E-state index contributed by atoms with van der Waals surface area (Å²) in [5.41, 5.74) is -4.40. The van der Waals surface area contributed by atoms with Gasteiger partial charge >= 0.3 is 18.3 Å². The van der Waals surface area contributed by atoms with Gasteiger partial charge in [0.05, 0.1) is 16.7 Å². The van der Waals surface area contributed by atoms with E-state index in [-0.39, 0.29) is 12.1 Å². The highest BCUT2D eigenvalue weighted by Crippen LogP contribution is 2.39. The quantitative estimate of drug-likeness (QED) is 0.587. The highest BCUT2D eigenvalue weighted by molar-refractivity contribution is 14.1. The lowest BCUT2D eigenvalue weighted by molar-refractivity contribution is -0.142. The van der Waals surface area contributed by atoms with Crippen LogP contribution in [0.5, 0.6) is 0 Å². The molecule has 0 bridgehead atoms. The van der Waals surface area contributed by atoms with Crippen LogP contribution in [0.1, 0.15) is 21.5 Å². The molecule has 0 saturated heterocycles. The number of hydrogen-bond acceptors (Lipinski definition) is 1. The fourth-order valence-corrected chi connectivity index (χ4v) is 2.25. The lowest BCUT2D eigenvalue weighted by Gasteiger charge is -2.16. The van der Waals surface area contributed by atoms with Gasteiger partial charge in [0.1, 0.15) is 0 Å². The molecular formula is C9H3F6IO2. The number of carboxylic acid groups (broad SMARTS) is 1. The lowest BCUT2D eigenvalue weighted by atomic mass is 10.0. The molecule has 1 N–H and O–H groups in total. The Morgan fingerprint density at radius 1 is 1.00 bits per heavy atom. The van der Waals surface area contributed by atoms with Crippen LogP contribution in [0, 0.1) is 3.57 Å². The Morgan fingerprint density at radius 2 is 1.39 bits per heavy atom. The van der Waals surface area contributed by atoms with Gasteiger partial charge in [0.2, 0.25) is 0 Å². The third-order valence-corrected chi connectivity index (χ3v) is 3.09. The first-order valence-electron chi connectivity index (χ1n) is 4.16. The van der Waals surface area contributed by atoms with Crippen molar-refractivity contribution < 1.29 is 36.2 Å². The summed E-state index contributed by atoms with van der Waals surface area (Å²) in [6, 6.07) is 0.339. The Morgan fingerprint density at radius 3 is 1.72 bits per heavy atom. The zero-order chi connectivity index (χ0) is 14.3. The van der Waals surface area contributed by atoms with Crippen molar-refractivity contribution in [2.24, 2.45) is 0 Å². The molecule has 2 nitrogen and oxygen atoms in total. The van der Waals surface area contributed by atoms with Gasteiger partial charge in [0, 0.05) is 3.57 Å². The first-order chi connectivity index (χ1) is 7.96. The van der Waals surface area contributed by atoms with Crippen molar-refractivity contribution in [3.63, 3.8) is 0 Å². The number of alkyl halides is 6. The molecule has 1 aromatic rings. The van der Waals surface area contributed by atoms with Gasteiger partial charge in [-0.05, 0) is 34.7 Å². The van der Waals surface area contributed by atoms with Gasteiger partial charge in [0.15, 0.2) is 0 Å². The van der Waals surface area contributed by atoms with Crippen molar-refractivity contribution in [2.75, 3.05) is 0 Å². The molecule has 0 aliphatic rings. The molecular weight excluding hydrogens is 381 g/mol. The molecule has 0 amide bonds. The van der Waals surface area contributed by atoms with Gasteiger partial charge in [0.25, 0.3) is 0 Å². The molecule has 0 heterocycles. The summed E-state index contributed by atoms with van der Waals surface area (Å²) in [4.78, 5) is 10.7. The minimum absolute atomic E-state index is 0.119. The van der Waals surface area contributed by atoms with Crippen molar-refractivity contribution in [3.8, 4) is 0 Å². The van der Waals surface area contributed by atoms with Crippen LogP contribution in [-0.4, -0.2) is 11.1 Å². The summed E-state index contributed by atoms with van der Waals surface area (Å²) >= 11 is 0.946. The summed E-state index contributed by atoms with van der Waals surface area (Å²) < 4.78 is 73.7. The standard InChI is InChI=1S/C9H3F6IO2/c10-8(11,12)3-1-2-4(9(13,14)15)6(16)5(3)7(17)18/h1-2H,(H,17,18). The van der Waals surface area contributed by atoms with Gasteiger partial charge in [-0.25, -0.2) is 4.79 Å². The second-order valence-electron chi connectivity index (χ2n) is 3.15. The van der Waals surface area contributed by atoms with Gasteiger partial charge < -0.3 is 5.11 Å². The molecule has 1 rings (SSSR count). The Kier molecular flexibility index (Phi) is 3.84. The van der Waals surface area contributed by atoms with Crippen molar-refractivity contribution in [2.45, 2.75) is 12.4 Å². The Bertz CT molecular complexity index is 491. The van der Waals surface area contributed by atoms with Crippen LogP contribution in [0.3, 0.4) is 0 Å². The van der Waals surface area contributed by atoms with E-state index in [1.807, 2.05) is 0 Å². The highest BCUT2D eigenvalue weighted by atomic mass is 127. The molecule has 0 saturated carbocycles. The van der Waals surface area contributed by atoms with Crippen LogP contribution in [0.2, 0.25) is 0 Å². The molecule has 9 heteroatoms. The van der Waals surface area contributed by atoms with Gasteiger partial charge in [-0.2, -0.15) is 26.3 Å². The number of hydrogen-bond donors (Lipinski definition) is 1. The predicted octanol–water partition coefficient (Wildman–Crippen LogP) is 4.03. The number of rotatable bonds is 1. The average molecular weight is 384 g/mol. The van der Waals surface area contributed by atoms with Crippen LogP contribution < -0.4 is 0 Å². The number of carboxylic acids is 1. The maximum Gasteiger partial charge on any atom is 0.417 e. The van der Waals surface area contributed by atoms with Crippen molar-refractivity contribution >= 4 is 28.6 Å². The molecule has 0 atom stereocenters. The van der Waals surface area contributed by atoms with Gasteiger partial charge in [-0.1, -0.05) is 0 Å². The summed E-state index contributed by atoms with van der Waals surface area (Å²) in [6.07, 6.45) is -9.94. The first kappa shape index (κ1) is 15.1. The molecule has 1 aromatic carbocycles.